The molecule has 0 aromatic rings. The minimum absolute atomic E-state index is 0.00405. The van der Waals surface area contributed by atoms with Crippen molar-refractivity contribution in [3.05, 3.63) is 12.2 Å². The highest BCUT2D eigenvalue weighted by Gasteiger charge is 2.15. The number of nitrogens with zero attached hydrogens (tertiary/aromatic N) is 1. The number of ether oxygens (including phenoxy) is 2. The maximum absolute atomic E-state index is 6.21. The first-order valence-corrected chi connectivity index (χ1v) is 16.5. The van der Waals surface area contributed by atoms with Crippen LogP contribution in [0.25, 0.3) is 0 Å². The highest BCUT2D eigenvalue weighted by atomic mass is 16.7. The molecule has 0 spiro atoms. The fraction of sp³-hybridized carbons (Fsp3) is 0.939. The minimum Gasteiger partial charge on any atom is -0.353 e. The number of allylic oxidation sites excluding steroid dienone is 2. The second-order valence-corrected chi connectivity index (χ2v) is 11.2. The molecule has 0 bridgehead atoms. The van der Waals surface area contributed by atoms with E-state index < -0.39 is 0 Å². The van der Waals surface area contributed by atoms with Gasteiger partial charge in [-0.15, -0.1) is 0 Å². The molecule has 0 amide bonds. The van der Waals surface area contributed by atoms with E-state index in [4.69, 9.17) is 9.47 Å². The first kappa shape index (κ1) is 33.6. The Morgan fingerprint density at radius 2 is 0.972 bits per heavy atom. The van der Waals surface area contributed by atoms with Gasteiger partial charge in [-0.05, 0) is 64.5 Å². The summed E-state index contributed by atoms with van der Waals surface area (Å²) in [6.45, 7) is 9.96. The molecule has 1 fully saturated rings. The minimum atomic E-state index is 0.00405. The fourth-order valence-electron chi connectivity index (χ4n) is 5.17. The number of hydrogen-bond acceptors (Lipinski definition) is 3. The largest absolute Gasteiger partial charge is 0.353 e. The van der Waals surface area contributed by atoms with Crippen LogP contribution >= 0.6 is 0 Å². The Balaban J connectivity index is 1.96. The Kier molecular flexibility index (Phi) is 25.8. The number of unbranched alkanes of at least 4 members (excludes halogenated alkanes) is 17. The van der Waals surface area contributed by atoms with Gasteiger partial charge in [0.2, 0.25) is 0 Å². The van der Waals surface area contributed by atoms with E-state index >= 15 is 0 Å². The summed E-state index contributed by atoms with van der Waals surface area (Å²) in [6, 6.07) is 0. The van der Waals surface area contributed by atoms with Crippen LogP contribution < -0.4 is 0 Å². The summed E-state index contributed by atoms with van der Waals surface area (Å²) in [5.41, 5.74) is 0. The molecule has 36 heavy (non-hydrogen) atoms. The molecule has 1 saturated heterocycles. The van der Waals surface area contributed by atoms with Crippen LogP contribution in [0, 0.1) is 0 Å². The van der Waals surface area contributed by atoms with Crippen LogP contribution in [0.3, 0.4) is 0 Å². The highest BCUT2D eigenvalue weighted by Crippen LogP contribution is 2.14. The van der Waals surface area contributed by atoms with Crippen molar-refractivity contribution in [1.29, 1.82) is 0 Å². The zero-order valence-electron chi connectivity index (χ0n) is 24.8. The van der Waals surface area contributed by atoms with E-state index in [2.05, 4.69) is 30.9 Å². The lowest BCUT2D eigenvalue weighted by molar-refractivity contribution is -0.149. The molecule has 214 valence electrons. The van der Waals surface area contributed by atoms with Crippen LogP contribution in [0.1, 0.15) is 162 Å². The second kappa shape index (κ2) is 27.6. The van der Waals surface area contributed by atoms with Crippen molar-refractivity contribution in [1.82, 2.24) is 4.90 Å². The molecule has 0 radical (unpaired) electrons. The zero-order valence-corrected chi connectivity index (χ0v) is 24.8. The van der Waals surface area contributed by atoms with Gasteiger partial charge in [-0.25, -0.2) is 0 Å². The quantitative estimate of drug-likeness (QED) is 0.0597. The van der Waals surface area contributed by atoms with Gasteiger partial charge in [-0.2, -0.15) is 0 Å². The van der Waals surface area contributed by atoms with Crippen LogP contribution in [0.15, 0.2) is 12.2 Å². The SMILES string of the molecule is CCCCCCCC/C=C\CCCCCCCCOC(CCN1CCCC1)OCCCCCCCC. The van der Waals surface area contributed by atoms with E-state index in [1.807, 2.05) is 0 Å². The van der Waals surface area contributed by atoms with Gasteiger partial charge < -0.3 is 14.4 Å². The van der Waals surface area contributed by atoms with Crippen LogP contribution in [0.2, 0.25) is 0 Å². The Morgan fingerprint density at radius 3 is 1.44 bits per heavy atom. The van der Waals surface area contributed by atoms with Crippen molar-refractivity contribution >= 4 is 0 Å². The lowest BCUT2D eigenvalue weighted by Crippen LogP contribution is -2.27. The lowest BCUT2D eigenvalue weighted by atomic mass is 10.1. The third-order valence-electron chi connectivity index (χ3n) is 7.64. The molecule has 0 aromatic heterocycles. The standard InChI is InChI=1S/C33H65NO2/c1-3-5-7-9-11-12-13-14-15-16-17-18-19-20-22-26-32-36-33(27-30-34-28-23-24-29-34)35-31-25-21-10-8-6-4-2/h14-15,33H,3-13,16-32H2,1-2H3/b15-14-. The fourth-order valence-corrected chi connectivity index (χ4v) is 5.17. The Morgan fingerprint density at radius 1 is 0.556 bits per heavy atom. The number of rotatable bonds is 28. The van der Waals surface area contributed by atoms with E-state index in [1.165, 1.54) is 154 Å². The van der Waals surface area contributed by atoms with Gasteiger partial charge in [0, 0.05) is 26.2 Å². The van der Waals surface area contributed by atoms with Crippen LogP contribution in [0.4, 0.5) is 0 Å². The van der Waals surface area contributed by atoms with Crippen molar-refractivity contribution < 1.29 is 9.47 Å². The molecular formula is C33H65NO2. The summed E-state index contributed by atoms with van der Waals surface area (Å²) >= 11 is 0. The molecule has 0 aliphatic carbocycles. The molecule has 0 aromatic carbocycles. The molecule has 1 heterocycles. The summed E-state index contributed by atoms with van der Waals surface area (Å²) in [6.07, 6.45) is 35.4. The maximum atomic E-state index is 6.21. The number of likely N-dealkylation sites (tertiary alicyclic amines) is 1. The number of hydrogen-bond donors (Lipinski definition) is 0. The monoisotopic (exact) mass is 508 g/mol. The first-order valence-electron chi connectivity index (χ1n) is 16.5. The van der Waals surface area contributed by atoms with Gasteiger partial charge in [0.05, 0.1) is 0 Å². The third kappa shape index (κ3) is 22.8. The van der Waals surface area contributed by atoms with Crippen molar-refractivity contribution in [2.75, 3.05) is 32.8 Å². The molecule has 1 aliphatic heterocycles. The summed E-state index contributed by atoms with van der Waals surface area (Å²) in [7, 11) is 0. The van der Waals surface area contributed by atoms with Crippen molar-refractivity contribution in [2.45, 2.75) is 168 Å². The molecule has 0 N–H and O–H groups in total. The van der Waals surface area contributed by atoms with E-state index in [0.29, 0.717) is 0 Å². The molecule has 1 atom stereocenters. The van der Waals surface area contributed by atoms with Gasteiger partial charge in [-0.1, -0.05) is 116 Å². The highest BCUT2D eigenvalue weighted by molar-refractivity contribution is 4.81. The van der Waals surface area contributed by atoms with E-state index in [9.17, 15) is 0 Å². The first-order chi connectivity index (χ1) is 17.9. The van der Waals surface area contributed by atoms with Gasteiger partial charge in [-0.3, -0.25) is 0 Å². The van der Waals surface area contributed by atoms with Gasteiger partial charge >= 0.3 is 0 Å². The average Bonchev–Trinajstić information content (AvgIpc) is 3.41. The topological polar surface area (TPSA) is 21.7 Å². The van der Waals surface area contributed by atoms with Crippen LogP contribution in [-0.4, -0.2) is 44.0 Å². The molecule has 1 unspecified atom stereocenters. The van der Waals surface area contributed by atoms with E-state index in [0.717, 1.165) is 26.2 Å². The molecule has 1 rings (SSSR count). The van der Waals surface area contributed by atoms with Gasteiger partial charge in [0.25, 0.3) is 0 Å². The molecular weight excluding hydrogens is 442 g/mol. The normalized spacial score (nSPS) is 15.4. The zero-order chi connectivity index (χ0) is 25.8. The predicted octanol–water partition coefficient (Wildman–Crippen LogP) is 10.2. The van der Waals surface area contributed by atoms with E-state index in [1.54, 1.807) is 0 Å². The smallest absolute Gasteiger partial charge is 0.158 e. The van der Waals surface area contributed by atoms with Crippen molar-refractivity contribution in [3.8, 4) is 0 Å². The van der Waals surface area contributed by atoms with Gasteiger partial charge in [0.1, 0.15) is 0 Å². The Hall–Kier alpha value is -0.380. The Labute approximate surface area is 227 Å². The molecule has 0 saturated carbocycles. The average molecular weight is 508 g/mol. The Bertz CT molecular complexity index is 447. The third-order valence-corrected chi connectivity index (χ3v) is 7.64. The van der Waals surface area contributed by atoms with E-state index in [-0.39, 0.29) is 6.29 Å². The summed E-state index contributed by atoms with van der Waals surface area (Å²) < 4.78 is 12.4. The van der Waals surface area contributed by atoms with Crippen LogP contribution in [-0.2, 0) is 9.47 Å². The van der Waals surface area contributed by atoms with Crippen LogP contribution in [0.5, 0.6) is 0 Å². The summed E-state index contributed by atoms with van der Waals surface area (Å²) in [5.74, 6) is 0. The maximum Gasteiger partial charge on any atom is 0.158 e. The van der Waals surface area contributed by atoms with Crippen molar-refractivity contribution in [2.24, 2.45) is 0 Å². The molecule has 3 nitrogen and oxygen atoms in total. The lowest BCUT2D eigenvalue weighted by Gasteiger charge is -2.22. The predicted molar refractivity (Wildman–Crippen MR) is 159 cm³/mol. The summed E-state index contributed by atoms with van der Waals surface area (Å²) in [5, 5.41) is 0. The second-order valence-electron chi connectivity index (χ2n) is 11.2. The molecule has 1 aliphatic rings. The summed E-state index contributed by atoms with van der Waals surface area (Å²) in [4.78, 5) is 2.58. The van der Waals surface area contributed by atoms with Crippen molar-refractivity contribution in [3.63, 3.8) is 0 Å². The molecule has 3 heteroatoms. The van der Waals surface area contributed by atoms with Gasteiger partial charge in [0.15, 0.2) is 6.29 Å².